The molecule has 0 aliphatic heterocycles. The maximum absolute atomic E-state index is 8.86. The molecule has 0 fully saturated rings. The largest absolute Gasteiger partial charge is 0.358 e. The van der Waals surface area contributed by atoms with E-state index in [-0.39, 0.29) is 0 Å². The summed E-state index contributed by atoms with van der Waals surface area (Å²) >= 11 is 3.43. The quantitative estimate of drug-likeness (QED) is 0.748. The molecule has 0 radical (unpaired) electrons. The molecule has 0 atom stereocenters. The van der Waals surface area contributed by atoms with Crippen LogP contribution in [0.15, 0.2) is 22.7 Å². The minimum Gasteiger partial charge on any atom is -0.358 e. The predicted molar refractivity (Wildman–Crippen MR) is 55.5 cm³/mol. The highest BCUT2D eigenvalue weighted by Crippen LogP contribution is 2.26. The fourth-order valence-corrected chi connectivity index (χ4v) is 1.86. The van der Waals surface area contributed by atoms with Gasteiger partial charge in [-0.2, -0.15) is 5.26 Å². The lowest BCUT2D eigenvalue weighted by Gasteiger charge is -1.95. The van der Waals surface area contributed by atoms with Crippen LogP contribution in [-0.4, -0.2) is 4.98 Å². The second-order valence-electron chi connectivity index (χ2n) is 2.95. The van der Waals surface area contributed by atoms with Crippen molar-refractivity contribution in [3.63, 3.8) is 0 Å². The molecule has 2 aromatic rings. The Balaban J connectivity index is 2.94. The zero-order valence-corrected chi connectivity index (χ0v) is 8.64. The normalized spacial score (nSPS) is 10.2. The number of rotatable bonds is 0. The van der Waals surface area contributed by atoms with Crippen molar-refractivity contribution in [1.82, 2.24) is 4.98 Å². The van der Waals surface area contributed by atoms with Gasteiger partial charge in [0.15, 0.2) is 0 Å². The zero-order chi connectivity index (χ0) is 9.42. The SMILES string of the molecule is Cc1cc2c(C#N)ccc(Br)c2[nH]1. The summed E-state index contributed by atoms with van der Waals surface area (Å²) in [5, 5.41) is 9.84. The number of aryl methyl sites for hydroxylation is 1. The van der Waals surface area contributed by atoms with Crippen molar-refractivity contribution in [2.75, 3.05) is 0 Å². The summed E-state index contributed by atoms with van der Waals surface area (Å²) in [7, 11) is 0. The molecule has 1 heterocycles. The highest BCUT2D eigenvalue weighted by Gasteiger charge is 2.05. The van der Waals surface area contributed by atoms with Gasteiger partial charge in [0, 0.05) is 15.6 Å². The molecular weight excluding hydrogens is 228 g/mol. The van der Waals surface area contributed by atoms with Crippen LogP contribution in [0.5, 0.6) is 0 Å². The second kappa shape index (κ2) is 2.90. The molecule has 2 rings (SSSR count). The van der Waals surface area contributed by atoms with Gasteiger partial charge in [-0.15, -0.1) is 0 Å². The van der Waals surface area contributed by atoms with Crippen molar-refractivity contribution in [3.05, 3.63) is 33.9 Å². The van der Waals surface area contributed by atoms with Crippen LogP contribution in [0, 0.1) is 18.3 Å². The van der Waals surface area contributed by atoms with E-state index in [1.165, 1.54) is 0 Å². The fraction of sp³-hybridized carbons (Fsp3) is 0.100. The van der Waals surface area contributed by atoms with Crippen LogP contribution in [0.3, 0.4) is 0 Å². The van der Waals surface area contributed by atoms with E-state index >= 15 is 0 Å². The molecule has 0 spiro atoms. The summed E-state index contributed by atoms with van der Waals surface area (Å²) in [6.07, 6.45) is 0. The average Bonchev–Trinajstić information content (AvgIpc) is 2.48. The summed E-state index contributed by atoms with van der Waals surface area (Å²) in [6.45, 7) is 1.98. The summed E-state index contributed by atoms with van der Waals surface area (Å²) in [6, 6.07) is 7.86. The Hall–Kier alpha value is -1.27. The number of nitrogens with one attached hydrogen (secondary N) is 1. The van der Waals surface area contributed by atoms with Crippen LogP contribution < -0.4 is 0 Å². The van der Waals surface area contributed by atoms with Crippen molar-refractivity contribution in [3.8, 4) is 6.07 Å². The van der Waals surface area contributed by atoms with E-state index in [0.29, 0.717) is 5.56 Å². The number of aromatic amines is 1. The van der Waals surface area contributed by atoms with Crippen LogP contribution in [0.4, 0.5) is 0 Å². The van der Waals surface area contributed by atoms with Crippen molar-refractivity contribution < 1.29 is 0 Å². The Bertz CT molecular complexity index is 505. The summed E-state index contributed by atoms with van der Waals surface area (Å²) in [5.41, 5.74) is 2.78. The lowest BCUT2D eigenvalue weighted by molar-refractivity contribution is 1.30. The Morgan fingerprint density at radius 3 is 2.92 bits per heavy atom. The highest BCUT2D eigenvalue weighted by molar-refractivity contribution is 9.10. The van der Waals surface area contributed by atoms with Crippen molar-refractivity contribution >= 4 is 26.8 Å². The fourth-order valence-electron chi connectivity index (χ4n) is 1.42. The number of nitriles is 1. The first-order valence-electron chi connectivity index (χ1n) is 3.90. The monoisotopic (exact) mass is 234 g/mol. The van der Waals surface area contributed by atoms with Gasteiger partial charge in [-0.25, -0.2) is 0 Å². The molecule has 0 aliphatic carbocycles. The molecular formula is C10H7BrN2. The number of halogens is 1. The third kappa shape index (κ3) is 1.24. The summed E-state index contributed by atoms with van der Waals surface area (Å²) < 4.78 is 0.995. The van der Waals surface area contributed by atoms with Gasteiger partial charge < -0.3 is 4.98 Å². The van der Waals surface area contributed by atoms with Gasteiger partial charge in [-0.1, -0.05) is 0 Å². The number of hydrogen-bond acceptors (Lipinski definition) is 1. The Kier molecular flexibility index (Phi) is 1.86. The maximum Gasteiger partial charge on any atom is 0.0998 e. The third-order valence-corrected chi connectivity index (χ3v) is 2.66. The van der Waals surface area contributed by atoms with E-state index in [2.05, 4.69) is 27.0 Å². The van der Waals surface area contributed by atoms with Crippen molar-refractivity contribution in [2.24, 2.45) is 0 Å². The van der Waals surface area contributed by atoms with Crippen molar-refractivity contribution in [1.29, 1.82) is 5.26 Å². The summed E-state index contributed by atoms with van der Waals surface area (Å²) in [4.78, 5) is 3.20. The van der Waals surface area contributed by atoms with Crippen LogP contribution in [0.2, 0.25) is 0 Å². The predicted octanol–water partition coefficient (Wildman–Crippen LogP) is 3.11. The first kappa shape index (κ1) is 8.33. The first-order chi connectivity index (χ1) is 6.22. The molecule has 1 aromatic heterocycles. The van der Waals surface area contributed by atoms with Gasteiger partial charge in [-0.05, 0) is 41.1 Å². The van der Waals surface area contributed by atoms with E-state index in [9.17, 15) is 0 Å². The molecule has 64 valence electrons. The number of benzene rings is 1. The van der Waals surface area contributed by atoms with Crippen molar-refractivity contribution in [2.45, 2.75) is 6.92 Å². The summed E-state index contributed by atoms with van der Waals surface area (Å²) in [5.74, 6) is 0. The van der Waals surface area contributed by atoms with Crippen LogP contribution in [0.1, 0.15) is 11.3 Å². The molecule has 13 heavy (non-hydrogen) atoms. The Morgan fingerprint density at radius 1 is 1.46 bits per heavy atom. The van der Waals surface area contributed by atoms with E-state index in [1.807, 2.05) is 25.1 Å². The number of nitrogens with zero attached hydrogens (tertiary/aromatic N) is 1. The van der Waals surface area contributed by atoms with Gasteiger partial charge in [-0.3, -0.25) is 0 Å². The van der Waals surface area contributed by atoms with Crippen LogP contribution in [-0.2, 0) is 0 Å². The van der Waals surface area contributed by atoms with Gasteiger partial charge in [0.2, 0.25) is 0 Å². The molecule has 0 unspecified atom stereocenters. The molecule has 1 N–H and O–H groups in total. The van der Waals surface area contributed by atoms with Gasteiger partial charge in [0.1, 0.15) is 0 Å². The smallest absolute Gasteiger partial charge is 0.0998 e. The zero-order valence-electron chi connectivity index (χ0n) is 7.06. The van der Waals surface area contributed by atoms with E-state index in [4.69, 9.17) is 5.26 Å². The van der Waals surface area contributed by atoms with E-state index < -0.39 is 0 Å². The minimum atomic E-state index is 0.711. The molecule has 0 bridgehead atoms. The number of fused-ring (bicyclic) bond motifs is 1. The van der Waals surface area contributed by atoms with E-state index in [0.717, 1.165) is 21.1 Å². The standard InChI is InChI=1S/C10H7BrN2/c1-6-4-8-7(5-12)2-3-9(11)10(8)13-6/h2-4,13H,1H3. The second-order valence-corrected chi connectivity index (χ2v) is 3.80. The Labute approximate surface area is 84.3 Å². The molecule has 2 nitrogen and oxygen atoms in total. The molecule has 0 amide bonds. The van der Waals surface area contributed by atoms with Gasteiger partial charge in [0.25, 0.3) is 0 Å². The molecule has 0 saturated carbocycles. The third-order valence-electron chi connectivity index (χ3n) is 2.00. The number of H-pyrrole nitrogens is 1. The molecule has 1 aromatic carbocycles. The lowest BCUT2D eigenvalue weighted by Crippen LogP contribution is -1.77. The van der Waals surface area contributed by atoms with Gasteiger partial charge >= 0.3 is 0 Å². The van der Waals surface area contributed by atoms with E-state index in [1.54, 1.807) is 0 Å². The maximum atomic E-state index is 8.86. The van der Waals surface area contributed by atoms with Gasteiger partial charge in [0.05, 0.1) is 17.1 Å². The highest BCUT2D eigenvalue weighted by atomic mass is 79.9. The molecule has 3 heteroatoms. The van der Waals surface area contributed by atoms with Crippen LogP contribution >= 0.6 is 15.9 Å². The topological polar surface area (TPSA) is 39.6 Å². The minimum absolute atomic E-state index is 0.711. The van der Waals surface area contributed by atoms with Crippen LogP contribution in [0.25, 0.3) is 10.9 Å². The first-order valence-corrected chi connectivity index (χ1v) is 4.69. The lowest BCUT2D eigenvalue weighted by atomic mass is 10.1. The number of aromatic nitrogens is 1. The molecule has 0 saturated heterocycles. The Morgan fingerprint density at radius 2 is 2.23 bits per heavy atom. The molecule has 0 aliphatic rings. The average molecular weight is 235 g/mol. The number of hydrogen-bond donors (Lipinski definition) is 1.